The van der Waals surface area contributed by atoms with E-state index in [1.807, 2.05) is 25.1 Å². The van der Waals surface area contributed by atoms with Gasteiger partial charge in [-0.2, -0.15) is 0 Å². The predicted molar refractivity (Wildman–Crippen MR) is 85.5 cm³/mol. The van der Waals surface area contributed by atoms with Crippen molar-refractivity contribution in [2.24, 2.45) is 0 Å². The molecular formula is C17H18ClNO2. The summed E-state index contributed by atoms with van der Waals surface area (Å²) in [5, 5.41) is 12.5. The zero-order valence-electron chi connectivity index (χ0n) is 11.9. The number of benzene rings is 2. The molecule has 0 aliphatic heterocycles. The molecule has 21 heavy (non-hydrogen) atoms. The Balaban J connectivity index is 1.87. The maximum absolute atomic E-state index is 11.9. The summed E-state index contributed by atoms with van der Waals surface area (Å²) >= 11 is 6.07. The van der Waals surface area contributed by atoms with Crippen LogP contribution < -0.4 is 5.32 Å². The van der Waals surface area contributed by atoms with Crippen LogP contribution in [0.1, 0.15) is 23.1 Å². The van der Waals surface area contributed by atoms with Crippen LogP contribution in [0, 0.1) is 6.92 Å². The van der Waals surface area contributed by atoms with Crippen molar-refractivity contribution >= 4 is 23.2 Å². The van der Waals surface area contributed by atoms with Crippen LogP contribution in [0.3, 0.4) is 0 Å². The highest BCUT2D eigenvalue weighted by Crippen LogP contribution is 2.18. The highest BCUT2D eigenvalue weighted by atomic mass is 35.5. The lowest BCUT2D eigenvalue weighted by Gasteiger charge is -2.07. The number of rotatable bonds is 5. The van der Waals surface area contributed by atoms with Crippen LogP contribution in [0.4, 0.5) is 5.69 Å². The van der Waals surface area contributed by atoms with Gasteiger partial charge >= 0.3 is 0 Å². The Hall–Kier alpha value is -1.84. The molecular weight excluding hydrogens is 286 g/mol. The van der Waals surface area contributed by atoms with Crippen LogP contribution in [0.5, 0.6) is 0 Å². The fourth-order valence-corrected chi connectivity index (χ4v) is 2.17. The highest BCUT2D eigenvalue weighted by molar-refractivity contribution is 6.31. The highest BCUT2D eigenvalue weighted by Gasteiger charge is 2.04. The minimum absolute atomic E-state index is 0.00239. The molecule has 2 aromatic carbocycles. The minimum Gasteiger partial charge on any atom is -0.392 e. The van der Waals surface area contributed by atoms with Gasteiger partial charge in [0.05, 0.1) is 6.61 Å². The second-order valence-electron chi connectivity index (χ2n) is 4.99. The van der Waals surface area contributed by atoms with Gasteiger partial charge in [0, 0.05) is 17.1 Å². The zero-order valence-corrected chi connectivity index (χ0v) is 12.7. The molecule has 0 saturated carbocycles. The maximum atomic E-state index is 11.9. The topological polar surface area (TPSA) is 49.3 Å². The van der Waals surface area contributed by atoms with Crippen molar-refractivity contribution in [2.75, 3.05) is 5.32 Å². The molecule has 0 spiro atoms. The van der Waals surface area contributed by atoms with Crippen molar-refractivity contribution in [3.8, 4) is 0 Å². The van der Waals surface area contributed by atoms with E-state index in [0.717, 1.165) is 27.4 Å². The molecule has 110 valence electrons. The van der Waals surface area contributed by atoms with Gasteiger partial charge in [-0.3, -0.25) is 4.79 Å². The smallest absolute Gasteiger partial charge is 0.224 e. The van der Waals surface area contributed by atoms with Crippen molar-refractivity contribution in [1.82, 2.24) is 0 Å². The van der Waals surface area contributed by atoms with Crippen LogP contribution in [0.2, 0.25) is 5.02 Å². The zero-order chi connectivity index (χ0) is 15.2. The SMILES string of the molecule is Cc1ccc(CCC(=O)Nc2ccc(CO)cc2)cc1Cl. The van der Waals surface area contributed by atoms with E-state index in [0.29, 0.717) is 12.8 Å². The van der Waals surface area contributed by atoms with E-state index in [1.54, 1.807) is 24.3 Å². The number of amides is 1. The second-order valence-corrected chi connectivity index (χ2v) is 5.39. The molecule has 0 atom stereocenters. The van der Waals surface area contributed by atoms with Crippen LogP contribution >= 0.6 is 11.6 Å². The molecule has 0 aliphatic carbocycles. The van der Waals surface area contributed by atoms with Crippen LogP contribution in [-0.2, 0) is 17.8 Å². The third-order valence-electron chi connectivity index (χ3n) is 3.30. The Morgan fingerprint density at radius 1 is 1.14 bits per heavy atom. The molecule has 2 aromatic rings. The molecule has 0 heterocycles. The number of hydrogen-bond donors (Lipinski definition) is 2. The van der Waals surface area contributed by atoms with Crippen molar-refractivity contribution in [1.29, 1.82) is 0 Å². The standard InChI is InChI=1S/C17H18ClNO2/c1-12-2-3-13(10-16(12)18)6-9-17(21)19-15-7-4-14(11-20)5-8-15/h2-5,7-8,10,20H,6,9,11H2,1H3,(H,19,21). The first-order valence-electron chi connectivity index (χ1n) is 6.83. The first kappa shape index (κ1) is 15.5. The van der Waals surface area contributed by atoms with E-state index in [-0.39, 0.29) is 12.5 Å². The Morgan fingerprint density at radius 3 is 2.43 bits per heavy atom. The van der Waals surface area contributed by atoms with E-state index in [9.17, 15) is 4.79 Å². The van der Waals surface area contributed by atoms with E-state index in [1.165, 1.54) is 0 Å². The Kier molecular flexibility index (Phi) is 5.37. The fourth-order valence-electron chi connectivity index (χ4n) is 1.97. The van der Waals surface area contributed by atoms with Gasteiger partial charge in [0.1, 0.15) is 0 Å². The van der Waals surface area contributed by atoms with Gasteiger partial charge in [-0.15, -0.1) is 0 Å². The van der Waals surface area contributed by atoms with Gasteiger partial charge in [0.25, 0.3) is 0 Å². The lowest BCUT2D eigenvalue weighted by molar-refractivity contribution is -0.116. The van der Waals surface area contributed by atoms with Crippen LogP contribution in [0.15, 0.2) is 42.5 Å². The molecule has 2 N–H and O–H groups in total. The molecule has 2 rings (SSSR count). The van der Waals surface area contributed by atoms with Crippen LogP contribution in [0.25, 0.3) is 0 Å². The Morgan fingerprint density at radius 2 is 1.81 bits per heavy atom. The number of hydrogen-bond acceptors (Lipinski definition) is 2. The van der Waals surface area contributed by atoms with Gasteiger partial charge < -0.3 is 10.4 Å². The summed E-state index contributed by atoms with van der Waals surface area (Å²) in [6.07, 6.45) is 1.06. The Labute approximate surface area is 129 Å². The largest absolute Gasteiger partial charge is 0.392 e. The summed E-state index contributed by atoms with van der Waals surface area (Å²) in [6.45, 7) is 1.96. The van der Waals surface area contributed by atoms with Gasteiger partial charge in [-0.05, 0) is 48.2 Å². The molecule has 1 amide bonds. The first-order chi connectivity index (χ1) is 10.1. The maximum Gasteiger partial charge on any atom is 0.224 e. The summed E-state index contributed by atoms with van der Waals surface area (Å²) in [6, 6.07) is 13.0. The third kappa shape index (κ3) is 4.59. The van der Waals surface area contributed by atoms with Gasteiger partial charge in [0.2, 0.25) is 5.91 Å². The number of nitrogens with one attached hydrogen (secondary N) is 1. The van der Waals surface area contributed by atoms with Gasteiger partial charge in [-0.1, -0.05) is 35.9 Å². The number of anilines is 1. The molecule has 0 aliphatic rings. The van der Waals surface area contributed by atoms with Gasteiger partial charge in [0.15, 0.2) is 0 Å². The molecule has 0 aromatic heterocycles. The molecule has 0 fully saturated rings. The predicted octanol–water partition coefficient (Wildman–Crippen LogP) is 3.71. The molecule has 0 saturated heterocycles. The first-order valence-corrected chi connectivity index (χ1v) is 7.21. The number of aliphatic hydroxyl groups is 1. The van der Waals surface area contributed by atoms with Crippen molar-refractivity contribution < 1.29 is 9.90 Å². The quantitative estimate of drug-likeness (QED) is 0.884. The Bertz CT molecular complexity index is 623. The molecule has 3 nitrogen and oxygen atoms in total. The second kappa shape index (κ2) is 7.25. The monoisotopic (exact) mass is 303 g/mol. The lowest BCUT2D eigenvalue weighted by Crippen LogP contribution is -2.12. The number of halogens is 1. The molecule has 4 heteroatoms. The average Bonchev–Trinajstić information content (AvgIpc) is 2.49. The number of aryl methyl sites for hydroxylation is 2. The summed E-state index contributed by atoms with van der Waals surface area (Å²) in [5.74, 6) is -0.0385. The van der Waals surface area contributed by atoms with E-state index >= 15 is 0 Å². The molecule has 0 bridgehead atoms. The molecule has 0 unspecified atom stereocenters. The normalized spacial score (nSPS) is 10.4. The van der Waals surface area contributed by atoms with Crippen molar-refractivity contribution in [2.45, 2.75) is 26.4 Å². The summed E-state index contributed by atoms with van der Waals surface area (Å²) in [5.41, 5.74) is 3.65. The lowest BCUT2D eigenvalue weighted by atomic mass is 10.1. The molecule has 0 radical (unpaired) electrons. The minimum atomic E-state index is -0.0385. The van der Waals surface area contributed by atoms with E-state index in [2.05, 4.69) is 5.32 Å². The van der Waals surface area contributed by atoms with E-state index in [4.69, 9.17) is 16.7 Å². The number of carbonyl (C=O) groups is 1. The van der Waals surface area contributed by atoms with E-state index < -0.39 is 0 Å². The summed E-state index contributed by atoms with van der Waals surface area (Å²) < 4.78 is 0. The third-order valence-corrected chi connectivity index (χ3v) is 3.70. The summed E-state index contributed by atoms with van der Waals surface area (Å²) in [4.78, 5) is 11.9. The fraction of sp³-hybridized carbons (Fsp3) is 0.235. The summed E-state index contributed by atoms with van der Waals surface area (Å²) in [7, 11) is 0. The number of aliphatic hydroxyl groups excluding tert-OH is 1. The van der Waals surface area contributed by atoms with Gasteiger partial charge in [-0.25, -0.2) is 0 Å². The average molecular weight is 304 g/mol. The van der Waals surface area contributed by atoms with Crippen molar-refractivity contribution in [3.05, 3.63) is 64.2 Å². The van der Waals surface area contributed by atoms with Crippen molar-refractivity contribution in [3.63, 3.8) is 0 Å². The number of carbonyl (C=O) groups excluding carboxylic acids is 1. The van der Waals surface area contributed by atoms with Crippen LogP contribution in [-0.4, -0.2) is 11.0 Å².